The number of hydrogen-bond acceptors (Lipinski definition) is 11. The van der Waals surface area contributed by atoms with E-state index in [0.717, 1.165) is 43.2 Å². The molecule has 0 saturated carbocycles. The zero-order valence-corrected chi connectivity index (χ0v) is 19.1. The van der Waals surface area contributed by atoms with E-state index in [2.05, 4.69) is 26.4 Å². The minimum atomic E-state index is -0.120. The fraction of sp³-hybridized carbons (Fsp3) is 0.348. The van der Waals surface area contributed by atoms with Crippen LogP contribution in [0.25, 0.3) is 11.1 Å². The fourth-order valence-electron chi connectivity index (χ4n) is 3.96. The van der Waals surface area contributed by atoms with E-state index in [1.807, 2.05) is 23.3 Å². The van der Waals surface area contributed by atoms with Gasteiger partial charge in [0.15, 0.2) is 24.2 Å². The van der Waals surface area contributed by atoms with E-state index in [-0.39, 0.29) is 6.29 Å². The van der Waals surface area contributed by atoms with Gasteiger partial charge >= 0.3 is 0 Å². The molecule has 0 bridgehead atoms. The van der Waals surface area contributed by atoms with E-state index in [1.165, 1.54) is 6.21 Å². The van der Waals surface area contributed by atoms with Crippen LogP contribution in [0.2, 0.25) is 0 Å². The van der Waals surface area contributed by atoms with Crippen LogP contribution in [-0.2, 0) is 16.0 Å². The summed E-state index contributed by atoms with van der Waals surface area (Å²) in [5.41, 5.74) is 9.46. The molecule has 4 N–H and O–H groups in total. The van der Waals surface area contributed by atoms with Gasteiger partial charge in [0.1, 0.15) is 0 Å². The van der Waals surface area contributed by atoms with Crippen LogP contribution in [0.15, 0.2) is 36.9 Å². The van der Waals surface area contributed by atoms with Gasteiger partial charge in [-0.15, -0.1) is 5.53 Å². The van der Waals surface area contributed by atoms with E-state index in [1.54, 1.807) is 23.1 Å². The smallest absolute Gasteiger partial charge is 0.190 e. The molecule has 1 atom stereocenters. The summed E-state index contributed by atoms with van der Waals surface area (Å²) in [6.07, 6.45) is 11.8. The standard InChI is InChI=1S/C23H27N9O3/c24-10-17(11-25-5-8-35-21-3-1-2-7-34-21)19-13-26-22-23(28-19)32(30-29-22)14-16-4-6-31-20(9-16)18(15-33)12-27-31/h4,6,9-13,15,21,24-25,30H,1-3,5,7-8,14H2,(H,26,29)/b17-11+,24-10?. The van der Waals surface area contributed by atoms with Crippen molar-refractivity contribution in [1.82, 2.24) is 30.4 Å². The van der Waals surface area contributed by atoms with Crippen molar-refractivity contribution in [1.29, 1.82) is 5.41 Å². The number of allylic oxidation sites excluding steroid dienone is 1. The second-order valence-corrected chi connectivity index (χ2v) is 8.20. The third-order valence-corrected chi connectivity index (χ3v) is 5.80. The first kappa shape index (κ1) is 22.9. The van der Waals surface area contributed by atoms with Crippen molar-refractivity contribution in [2.24, 2.45) is 0 Å². The minimum Gasteiger partial charge on any atom is -0.388 e. The number of carbonyl (C=O) groups is 1. The van der Waals surface area contributed by atoms with Crippen molar-refractivity contribution in [2.75, 3.05) is 30.2 Å². The molecule has 0 amide bonds. The van der Waals surface area contributed by atoms with E-state index < -0.39 is 0 Å². The molecular formula is C23H27N9O3. The number of nitrogens with zero attached hydrogens (tertiary/aromatic N) is 5. The van der Waals surface area contributed by atoms with E-state index in [4.69, 9.17) is 19.9 Å². The van der Waals surface area contributed by atoms with Gasteiger partial charge < -0.3 is 20.2 Å². The van der Waals surface area contributed by atoms with Crippen LogP contribution in [0.1, 0.15) is 40.9 Å². The van der Waals surface area contributed by atoms with Gasteiger partial charge in [0, 0.05) is 37.3 Å². The Bertz CT molecular complexity index is 1240. The first-order chi connectivity index (χ1) is 17.2. The van der Waals surface area contributed by atoms with Crippen molar-refractivity contribution in [3.05, 3.63) is 53.7 Å². The number of aromatic nitrogens is 4. The van der Waals surface area contributed by atoms with Gasteiger partial charge in [0.05, 0.1) is 42.3 Å². The molecule has 5 rings (SSSR count). The highest BCUT2D eigenvalue weighted by atomic mass is 16.7. The molecule has 12 heteroatoms. The minimum absolute atomic E-state index is 0.120. The Hall–Kier alpha value is -3.87. The summed E-state index contributed by atoms with van der Waals surface area (Å²) in [6.45, 7) is 2.33. The van der Waals surface area contributed by atoms with Crippen LogP contribution < -0.4 is 21.3 Å². The largest absolute Gasteiger partial charge is 0.388 e. The normalized spacial score (nSPS) is 17.8. The number of ether oxygens (including phenoxy) is 2. The zero-order chi connectivity index (χ0) is 24.0. The van der Waals surface area contributed by atoms with Crippen molar-refractivity contribution in [3.63, 3.8) is 0 Å². The van der Waals surface area contributed by atoms with Crippen molar-refractivity contribution in [3.8, 4) is 0 Å². The summed E-state index contributed by atoms with van der Waals surface area (Å²) in [7, 11) is 0. The molecule has 1 saturated heterocycles. The molecule has 5 heterocycles. The average molecular weight is 478 g/mol. The second-order valence-electron chi connectivity index (χ2n) is 8.20. The summed E-state index contributed by atoms with van der Waals surface area (Å²) in [5, 5.41) is 17.0. The van der Waals surface area contributed by atoms with Crippen LogP contribution in [-0.4, -0.2) is 58.1 Å². The number of rotatable bonds is 10. The molecule has 3 aromatic rings. The zero-order valence-electron chi connectivity index (χ0n) is 19.1. The van der Waals surface area contributed by atoms with Crippen LogP contribution >= 0.6 is 0 Å². The first-order valence-electron chi connectivity index (χ1n) is 11.5. The van der Waals surface area contributed by atoms with Gasteiger partial charge in [-0.25, -0.2) is 14.5 Å². The second kappa shape index (κ2) is 10.6. The van der Waals surface area contributed by atoms with Gasteiger partial charge in [0.2, 0.25) is 0 Å². The van der Waals surface area contributed by atoms with Gasteiger partial charge in [0.25, 0.3) is 0 Å². The highest BCUT2D eigenvalue weighted by Crippen LogP contribution is 2.27. The van der Waals surface area contributed by atoms with E-state index in [9.17, 15) is 4.79 Å². The molecule has 182 valence electrons. The molecule has 0 radical (unpaired) electrons. The summed E-state index contributed by atoms with van der Waals surface area (Å²) in [4.78, 5) is 20.4. The number of anilines is 2. The molecular weight excluding hydrogens is 450 g/mol. The molecule has 2 aliphatic heterocycles. The van der Waals surface area contributed by atoms with E-state index in [0.29, 0.717) is 48.2 Å². The Morgan fingerprint density at radius 3 is 3.14 bits per heavy atom. The van der Waals surface area contributed by atoms with Crippen LogP contribution in [0.3, 0.4) is 0 Å². The maximum absolute atomic E-state index is 11.3. The first-order valence-corrected chi connectivity index (χ1v) is 11.5. The predicted octanol–water partition coefficient (Wildman–Crippen LogP) is 1.91. The van der Waals surface area contributed by atoms with Crippen LogP contribution in [0.5, 0.6) is 0 Å². The predicted molar refractivity (Wildman–Crippen MR) is 130 cm³/mol. The van der Waals surface area contributed by atoms with Crippen molar-refractivity contribution < 1.29 is 14.3 Å². The number of hydrazine groups is 2. The molecule has 0 aromatic carbocycles. The molecule has 0 spiro atoms. The lowest BCUT2D eigenvalue weighted by Crippen LogP contribution is -2.35. The number of carbonyl (C=O) groups excluding carboxylic acids is 1. The number of nitrogens with one attached hydrogen (secondary N) is 4. The Morgan fingerprint density at radius 1 is 1.37 bits per heavy atom. The third-order valence-electron chi connectivity index (χ3n) is 5.80. The molecule has 12 nitrogen and oxygen atoms in total. The lowest BCUT2D eigenvalue weighted by atomic mass is 10.2. The summed E-state index contributed by atoms with van der Waals surface area (Å²) < 4.78 is 13.0. The van der Waals surface area contributed by atoms with Crippen molar-refractivity contribution >= 4 is 35.2 Å². The molecule has 1 unspecified atom stereocenters. The number of aldehydes is 1. The van der Waals surface area contributed by atoms with Gasteiger partial charge in [-0.1, -0.05) is 0 Å². The van der Waals surface area contributed by atoms with Crippen LogP contribution in [0.4, 0.5) is 11.6 Å². The monoisotopic (exact) mass is 477 g/mol. The summed E-state index contributed by atoms with van der Waals surface area (Å²) in [5.74, 6) is 1.20. The average Bonchev–Trinajstić information content (AvgIpc) is 3.50. The number of fused-ring (bicyclic) bond motifs is 2. The number of hydrogen-bond donors (Lipinski definition) is 4. The maximum Gasteiger partial charge on any atom is 0.190 e. The lowest BCUT2D eigenvalue weighted by molar-refractivity contribution is -0.161. The van der Waals surface area contributed by atoms with Gasteiger partial charge in [-0.05, 0) is 37.0 Å². The van der Waals surface area contributed by atoms with Gasteiger partial charge in [-0.2, -0.15) is 5.10 Å². The molecule has 1 fully saturated rings. The summed E-state index contributed by atoms with van der Waals surface area (Å²) >= 11 is 0. The maximum atomic E-state index is 11.3. The van der Waals surface area contributed by atoms with E-state index >= 15 is 0 Å². The summed E-state index contributed by atoms with van der Waals surface area (Å²) in [6, 6.07) is 3.85. The fourth-order valence-corrected chi connectivity index (χ4v) is 3.96. The Kier molecular flexibility index (Phi) is 6.93. The SMILES string of the molecule is N=C/C(=C\NCCOC1CCCCO1)c1cnc2c(n1)N(Cc1ccn3ncc(C=O)c3c1)NN2. The topological polar surface area (TPSA) is 142 Å². The lowest BCUT2D eigenvalue weighted by Gasteiger charge is -2.22. The Balaban J connectivity index is 1.24. The molecule has 0 aliphatic carbocycles. The van der Waals surface area contributed by atoms with Crippen LogP contribution in [0, 0.1) is 5.41 Å². The van der Waals surface area contributed by atoms with Crippen molar-refractivity contribution in [2.45, 2.75) is 32.1 Å². The Morgan fingerprint density at radius 2 is 2.31 bits per heavy atom. The third kappa shape index (κ3) is 5.14. The molecule has 3 aromatic heterocycles. The quantitative estimate of drug-likeness (QED) is 0.194. The van der Waals surface area contributed by atoms with Gasteiger partial charge in [-0.3, -0.25) is 15.2 Å². The molecule has 35 heavy (non-hydrogen) atoms. The highest BCUT2D eigenvalue weighted by Gasteiger charge is 2.23. The highest BCUT2D eigenvalue weighted by molar-refractivity contribution is 6.07. The Labute approximate surface area is 201 Å². The molecule has 2 aliphatic rings. The number of pyridine rings is 1.